The van der Waals surface area contributed by atoms with Crippen molar-refractivity contribution in [3.05, 3.63) is 41.2 Å². The van der Waals surface area contributed by atoms with Crippen molar-refractivity contribution in [1.29, 1.82) is 0 Å². The van der Waals surface area contributed by atoms with Crippen molar-refractivity contribution in [2.45, 2.75) is 35.1 Å². The summed E-state index contributed by atoms with van der Waals surface area (Å²) in [6, 6.07) is 0. The number of H-pyrrole nitrogens is 1. The third-order valence-corrected chi connectivity index (χ3v) is 1.12. The van der Waals surface area contributed by atoms with Crippen molar-refractivity contribution >= 4 is 5.78 Å². The second-order valence-corrected chi connectivity index (χ2v) is 1.98. The second-order valence-electron chi connectivity index (χ2n) is 1.98. The number of carbonyl (C=O) groups is 1. The van der Waals surface area contributed by atoms with Gasteiger partial charge in [0.05, 0.1) is 0 Å². The van der Waals surface area contributed by atoms with Gasteiger partial charge in [-0.1, -0.05) is 46.9 Å². The highest BCUT2D eigenvalue weighted by Crippen LogP contribution is 2.05. The molecule has 17 heavy (non-hydrogen) atoms. The van der Waals surface area contributed by atoms with E-state index in [9.17, 15) is 9.59 Å². The number of rotatable bonds is 0. The van der Waals surface area contributed by atoms with Crippen molar-refractivity contribution in [1.82, 2.24) is 10.1 Å². The van der Waals surface area contributed by atoms with E-state index in [1.807, 2.05) is 27.7 Å². The third-order valence-electron chi connectivity index (χ3n) is 1.12. The van der Waals surface area contributed by atoms with Gasteiger partial charge in [0.1, 0.15) is 6.33 Å². The number of carbonyl (C=O) groups excluding carboxylic acids is 1. The summed E-state index contributed by atoms with van der Waals surface area (Å²) < 4.78 is 3.97. The highest BCUT2D eigenvalue weighted by atomic mass is 16.5. The SMILES string of the molecule is C.C=C1C=CC1=O.CC.CC.O=c1[nH]cno1. The lowest BCUT2D eigenvalue weighted by Crippen LogP contribution is -2.02. The first-order valence-corrected chi connectivity index (χ1v) is 5.11. The van der Waals surface area contributed by atoms with Crippen molar-refractivity contribution in [2.75, 3.05) is 0 Å². The fourth-order valence-electron chi connectivity index (χ4n) is 0.449. The van der Waals surface area contributed by atoms with Gasteiger partial charge in [0.25, 0.3) is 0 Å². The molecule has 0 saturated heterocycles. The molecule has 1 aliphatic rings. The van der Waals surface area contributed by atoms with E-state index < -0.39 is 5.76 Å². The van der Waals surface area contributed by atoms with E-state index in [4.69, 9.17) is 0 Å². The zero-order valence-electron chi connectivity index (χ0n) is 10.1. The van der Waals surface area contributed by atoms with Gasteiger partial charge in [0, 0.05) is 5.57 Å². The molecule has 1 aromatic rings. The first-order valence-electron chi connectivity index (χ1n) is 5.11. The molecule has 1 aliphatic carbocycles. The Balaban J connectivity index is -0.000000171. The Morgan fingerprint density at radius 2 is 1.65 bits per heavy atom. The van der Waals surface area contributed by atoms with Gasteiger partial charge in [0.15, 0.2) is 5.78 Å². The quantitative estimate of drug-likeness (QED) is 0.710. The molecular formula is C12H22N2O3. The Bertz CT molecular complexity index is 342. The van der Waals surface area contributed by atoms with Crippen molar-refractivity contribution in [2.24, 2.45) is 0 Å². The number of aromatic amines is 1. The molecule has 0 spiro atoms. The van der Waals surface area contributed by atoms with Gasteiger partial charge in [-0.2, -0.15) is 0 Å². The molecule has 0 atom stereocenters. The average molecular weight is 242 g/mol. The topological polar surface area (TPSA) is 76.0 Å². The second kappa shape index (κ2) is 14.1. The lowest BCUT2D eigenvalue weighted by atomic mass is 10.0. The molecule has 1 heterocycles. The fourth-order valence-corrected chi connectivity index (χ4v) is 0.449. The lowest BCUT2D eigenvalue weighted by Gasteiger charge is -1.98. The van der Waals surface area contributed by atoms with E-state index in [0.29, 0.717) is 5.57 Å². The number of aromatic nitrogens is 2. The largest absolute Gasteiger partial charge is 0.438 e. The Morgan fingerprint density at radius 3 is 1.71 bits per heavy atom. The normalized spacial score (nSPS) is 10.1. The van der Waals surface area contributed by atoms with Crippen LogP contribution < -0.4 is 5.76 Å². The Hall–Kier alpha value is -1.91. The van der Waals surface area contributed by atoms with Crippen LogP contribution in [0.1, 0.15) is 35.1 Å². The highest BCUT2D eigenvalue weighted by Gasteiger charge is 2.05. The summed E-state index contributed by atoms with van der Waals surface area (Å²) in [4.78, 5) is 22.0. The molecule has 0 unspecified atom stereocenters. The van der Waals surface area contributed by atoms with E-state index in [2.05, 4.69) is 21.2 Å². The molecule has 98 valence electrons. The van der Waals surface area contributed by atoms with Gasteiger partial charge in [-0.05, 0) is 12.2 Å². The Morgan fingerprint density at radius 1 is 1.18 bits per heavy atom. The molecule has 0 aromatic carbocycles. The van der Waals surface area contributed by atoms with Gasteiger partial charge in [-0.15, -0.1) is 0 Å². The number of ketones is 1. The summed E-state index contributed by atoms with van der Waals surface area (Å²) in [5.74, 6) is -0.454. The van der Waals surface area contributed by atoms with Gasteiger partial charge in [-0.25, -0.2) is 4.79 Å². The number of nitrogens with zero attached hydrogens (tertiary/aromatic N) is 1. The summed E-state index contributed by atoms with van der Waals surface area (Å²) in [7, 11) is 0. The molecule has 0 aliphatic heterocycles. The number of allylic oxidation sites excluding steroid dienone is 3. The monoisotopic (exact) mass is 242 g/mol. The van der Waals surface area contributed by atoms with Gasteiger partial charge >= 0.3 is 5.76 Å². The first kappa shape index (κ1) is 20.5. The molecule has 0 amide bonds. The van der Waals surface area contributed by atoms with Gasteiger partial charge < -0.3 is 0 Å². The molecule has 5 heteroatoms. The molecule has 1 aromatic heterocycles. The van der Waals surface area contributed by atoms with E-state index in [-0.39, 0.29) is 13.2 Å². The van der Waals surface area contributed by atoms with Crippen LogP contribution in [0.15, 0.2) is 39.9 Å². The van der Waals surface area contributed by atoms with Crippen LogP contribution in [-0.2, 0) is 4.79 Å². The van der Waals surface area contributed by atoms with Crippen LogP contribution in [0, 0.1) is 0 Å². The lowest BCUT2D eigenvalue weighted by molar-refractivity contribution is -0.111. The standard InChI is InChI=1S/C5H4O.C2H2N2O2.2C2H6.CH4/c1-4-2-3-5(4)6;5-2-3-1-4-6-2;2*1-2;/h2-3H,1H2;1H,(H,3,4,5);2*1-2H3;1H4. The number of hydrogen-bond acceptors (Lipinski definition) is 4. The highest BCUT2D eigenvalue weighted by molar-refractivity contribution is 6.12. The van der Waals surface area contributed by atoms with Crippen LogP contribution in [0.25, 0.3) is 0 Å². The summed E-state index contributed by atoms with van der Waals surface area (Å²) in [5.41, 5.74) is 0.620. The fraction of sp³-hybridized carbons (Fsp3) is 0.417. The summed E-state index contributed by atoms with van der Waals surface area (Å²) >= 11 is 0. The van der Waals surface area contributed by atoms with Gasteiger partial charge in [0.2, 0.25) is 0 Å². The molecule has 1 N–H and O–H groups in total. The van der Waals surface area contributed by atoms with Crippen LogP contribution in [0.3, 0.4) is 0 Å². The molecule has 0 bridgehead atoms. The maximum absolute atomic E-state index is 10.0. The third kappa shape index (κ3) is 10.4. The summed E-state index contributed by atoms with van der Waals surface area (Å²) in [5, 5.41) is 3.08. The molecule has 2 rings (SSSR count). The first-order chi connectivity index (χ1) is 7.70. The van der Waals surface area contributed by atoms with Crippen molar-refractivity contribution < 1.29 is 9.32 Å². The van der Waals surface area contributed by atoms with Crippen LogP contribution in [0.5, 0.6) is 0 Å². The van der Waals surface area contributed by atoms with E-state index in [1.54, 1.807) is 6.08 Å². The minimum Gasteiger partial charge on any atom is -0.296 e. The zero-order chi connectivity index (χ0) is 13.0. The Kier molecular flexibility index (Phi) is 17.0. The number of nitrogens with one attached hydrogen (secondary N) is 1. The van der Waals surface area contributed by atoms with Crippen LogP contribution in [0.2, 0.25) is 0 Å². The van der Waals surface area contributed by atoms with Gasteiger partial charge in [-0.3, -0.25) is 14.3 Å². The van der Waals surface area contributed by atoms with E-state index in [1.165, 1.54) is 12.4 Å². The molecular weight excluding hydrogens is 220 g/mol. The van der Waals surface area contributed by atoms with Crippen LogP contribution >= 0.6 is 0 Å². The minimum absolute atomic E-state index is 0. The molecule has 0 saturated carbocycles. The molecule has 0 fully saturated rings. The van der Waals surface area contributed by atoms with E-state index in [0.717, 1.165) is 0 Å². The van der Waals surface area contributed by atoms with Crippen molar-refractivity contribution in [3.63, 3.8) is 0 Å². The summed E-state index contributed by atoms with van der Waals surface area (Å²) in [6.07, 6.45) is 4.38. The van der Waals surface area contributed by atoms with Crippen LogP contribution in [0.4, 0.5) is 0 Å². The summed E-state index contributed by atoms with van der Waals surface area (Å²) in [6.45, 7) is 11.4. The number of hydrogen-bond donors (Lipinski definition) is 1. The predicted molar refractivity (Wildman–Crippen MR) is 69.8 cm³/mol. The maximum atomic E-state index is 10.0. The van der Waals surface area contributed by atoms with E-state index >= 15 is 0 Å². The Labute approximate surface area is 102 Å². The molecule has 5 nitrogen and oxygen atoms in total. The predicted octanol–water partition coefficient (Wildman–Crippen LogP) is 2.73. The zero-order valence-corrected chi connectivity index (χ0v) is 10.1. The smallest absolute Gasteiger partial charge is 0.296 e. The average Bonchev–Trinajstić information content (AvgIpc) is 2.84. The maximum Gasteiger partial charge on any atom is 0.438 e. The molecule has 0 radical (unpaired) electrons. The minimum atomic E-state index is -0.519. The van der Waals surface area contributed by atoms with Crippen molar-refractivity contribution in [3.8, 4) is 0 Å². The van der Waals surface area contributed by atoms with Crippen LogP contribution in [-0.4, -0.2) is 15.9 Å².